The number of rotatable bonds is 1. The van der Waals surface area contributed by atoms with Gasteiger partial charge in [-0.3, -0.25) is 0 Å². The Balaban J connectivity index is 1.94. The molecule has 6 aliphatic rings. The minimum atomic E-state index is 0.229. The van der Waals surface area contributed by atoms with Gasteiger partial charge in [0.1, 0.15) is 0 Å². The van der Waals surface area contributed by atoms with Gasteiger partial charge in [0.25, 0.3) is 0 Å². The van der Waals surface area contributed by atoms with Crippen molar-refractivity contribution in [1.82, 2.24) is 0 Å². The Morgan fingerprint density at radius 2 is 1.58 bits per heavy atom. The van der Waals surface area contributed by atoms with Gasteiger partial charge < -0.3 is 0 Å². The molecule has 0 spiro atoms. The van der Waals surface area contributed by atoms with Crippen LogP contribution in [0.3, 0.4) is 0 Å². The van der Waals surface area contributed by atoms with E-state index in [4.69, 9.17) is 0 Å². The lowest BCUT2D eigenvalue weighted by molar-refractivity contribution is 0.133. The molecule has 0 amide bonds. The largest absolute Gasteiger partial charge is 0.0842 e. The number of benzene rings is 1. The van der Waals surface area contributed by atoms with Crippen LogP contribution in [0.5, 0.6) is 0 Å². The fourth-order valence-corrected chi connectivity index (χ4v) is 4.71. The quantitative estimate of drug-likeness (QED) is 0.623. The highest BCUT2D eigenvalue weighted by atomic mass is 14.5. The molecule has 3 unspecified atom stereocenters. The van der Waals surface area contributed by atoms with E-state index in [1.807, 2.05) is 0 Å². The van der Waals surface area contributed by atoms with E-state index in [0.29, 0.717) is 5.41 Å². The molecule has 7 rings (SSSR count). The van der Waals surface area contributed by atoms with E-state index in [1.165, 1.54) is 31.2 Å². The predicted molar refractivity (Wildman–Crippen MR) is 80.0 cm³/mol. The highest BCUT2D eigenvalue weighted by Gasteiger charge is 2.51. The molecular formula is C19H22. The van der Waals surface area contributed by atoms with Crippen molar-refractivity contribution in [3.05, 3.63) is 60.2 Å². The SMILES string of the molecule is C[C@@]12C=CC(CC1)C1C=CC2(c2ccccc2)CC1. The molecule has 4 bridgehead atoms. The third-order valence-electron chi connectivity index (χ3n) is 6.07. The van der Waals surface area contributed by atoms with Crippen LogP contribution in [0.4, 0.5) is 0 Å². The van der Waals surface area contributed by atoms with Crippen LogP contribution in [-0.4, -0.2) is 0 Å². The first-order valence-electron chi connectivity index (χ1n) is 7.68. The van der Waals surface area contributed by atoms with Crippen molar-refractivity contribution in [3.63, 3.8) is 0 Å². The summed E-state index contributed by atoms with van der Waals surface area (Å²) in [5, 5.41) is 0. The molecule has 1 fully saturated rings. The Kier molecular flexibility index (Phi) is 2.33. The number of hydrogen-bond acceptors (Lipinski definition) is 0. The van der Waals surface area contributed by atoms with Crippen molar-refractivity contribution in [2.75, 3.05) is 0 Å². The van der Waals surface area contributed by atoms with Gasteiger partial charge in [0.2, 0.25) is 0 Å². The van der Waals surface area contributed by atoms with Crippen LogP contribution in [0, 0.1) is 17.3 Å². The highest BCUT2D eigenvalue weighted by Crippen LogP contribution is 2.58. The van der Waals surface area contributed by atoms with E-state index in [-0.39, 0.29) is 5.41 Å². The second-order valence-corrected chi connectivity index (χ2v) is 6.88. The van der Waals surface area contributed by atoms with Crippen molar-refractivity contribution < 1.29 is 0 Å². The zero-order valence-corrected chi connectivity index (χ0v) is 11.7. The standard InChI is InChI=1S/C19H22/c1-18-11-7-15(8-12-18)16-9-13-19(18,14-10-16)17-5-3-2-4-6-17/h2-7,9,11,13,15-16H,8,10,12,14H2,1H3/t15?,16?,18-,19?/m1/s1. The molecule has 4 atom stereocenters. The van der Waals surface area contributed by atoms with Crippen LogP contribution in [0.15, 0.2) is 54.6 Å². The van der Waals surface area contributed by atoms with Gasteiger partial charge in [-0.1, -0.05) is 61.6 Å². The van der Waals surface area contributed by atoms with E-state index in [9.17, 15) is 0 Å². The van der Waals surface area contributed by atoms with Crippen molar-refractivity contribution in [2.24, 2.45) is 17.3 Å². The predicted octanol–water partition coefficient (Wildman–Crippen LogP) is 4.88. The van der Waals surface area contributed by atoms with E-state index < -0.39 is 0 Å². The lowest BCUT2D eigenvalue weighted by Crippen LogP contribution is -2.47. The molecule has 1 aromatic rings. The van der Waals surface area contributed by atoms with Crippen molar-refractivity contribution >= 4 is 0 Å². The van der Waals surface area contributed by atoms with Crippen molar-refractivity contribution in [1.29, 1.82) is 0 Å². The molecule has 0 radical (unpaired) electrons. The summed E-state index contributed by atoms with van der Waals surface area (Å²) in [4.78, 5) is 0. The fourth-order valence-electron chi connectivity index (χ4n) is 4.71. The third kappa shape index (κ3) is 1.46. The summed E-state index contributed by atoms with van der Waals surface area (Å²) in [7, 11) is 0. The maximum absolute atomic E-state index is 2.56. The molecule has 0 aromatic heterocycles. The molecule has 0 saturated heterocycles. The van der Waals surface area contributed by atoms with Gasteiger partial charge in [0.15, 0.2) is 0 Å². The molecule has 0 N–H and O–H groups in total. The van der Waals surface area contributed by atoms with Crippen LogP contribution < -0.4 is 0 Å². The first-order valence-corrected chi connectivity index (χ1v) is 7.68. The van der Waals surface area contributed by atoms with Crippen molar-refractivity contribution in [2.45, 2.75) is 38.0 Å². The van der Waals surface area contributed by atoms with Crippen LogP contribution >= 0.6 is 0 Å². The maximum Gasteiger partial charge on any atom is 0.0220 e. The normalized spacial score (nSPS) is 43.2. The molecule has 0 heteroatoms. The zero-order chi connectivity index (χ0) is 12.9. The average Bonchev–Trinajstić information content (AvgIpc) is 2.47. The van der Waals surface area contributed by atoms with Gasteiger partial charge in [-0.05, 0) is 48.5 Å². The lowest BCUT2D eigenvalue weighted by Gasteiger charge is -2.54. The molecule has 1 aromatic carbocycles. The summed E-state index contributed by atoms with van der Waals surface area (Å²) < 4.78 is 0. The second-order valence-electron chi connectivity index (χ2n) is 6.88. The molecule has 0 heterocycles. The molecule has 1 saturated carbocycles. The molecule has 0 nitrogen and oxygen atoms in total. The molecule has 19 heavy (non-hydrogen) atoms. The monoisotopic (exact) mass is 250 g/mol. The van der Waals surface area contributed by atoms with Gasteiger partial charge in [-0.25, -0.2) is 0 Å². The Bertz CT molecular complexity index is 538. The van der Waals surface area contributed by atoms with Crippen LogP contribution in [0.2, 0.25) is 0 Å². The van der Waals surface area contributed by atoms with Crippen LogP contribution in [0.25, 0.3) is 0 Å². The van der Waals surface area contributed by atoms with Gasteiger partial charge in [-0.2, -0.15) is 0 Å². The maximum atomic E-state index is 2.56. The Morgan fingerprint density at radius 3 is 2.16 bits per heavy atom. The van der Waals surface area contributed by atoms with Crippen molar-refractivity contribution in [3.8, 4) is 0 Å². The second kappa shape index (κ2) is 3.85. The highest BCUT2D eigenvalue weighted by molar-refractivity contribution is 5.40. The summed E-state index contributed by atoms with van der Waals surface area (Å²) in [6, 6.07) is 11.2. The summed E-state index contributed by atoms with van der Waals surface area (Å²) >= 11 is 0. The van der Waals surface area contributed by atoms with Crippen LogP contribution in [-0.2, 0) is 5.41 Å². The number of hydrogen-bond donors (Lipinski definition) is 0. The Labute approximate surface area is 116 Å². The summed E-state index contributed by atoms with van der Waals surface area (Å²) in [6.45, 7) is 2.47. The molecule has 6 aliphatic carbocycles. The van der Waals surface area contributed by atoms with Crippen LogP contribution in [0.1, 0.15) is 38.2 Å². The van der Waals surface area contributed by atoms with E-state index in [0.717, 1.165) is 11.8 Å². The summed E-state index contributed by atoms with van der Waals surface area (Å²) in [6.07, 6.45) is 15.5. The third-order valence-corrected chi connectivity index (χ3v) is 6.07. The molecular weight excluding hydrogens is 228 g/mol. The van der Waals surface area contributed by atoms with E-state index in [1.54, 1.807) is 0 Å². The molecule has 98 valence electrons. The Morgan fingerprint density at radius 1 is 0.895 bits per heavy atom. The first kappa shape index (κ1) is 11.5. The first-order chi connectivity index (χ1) is 9.24. The molecule has 0 aliphatic heterocycles. The van der Waals surface area contributed by atoms with E-state index >= 15 is 0 Å². The van der Waals surface area contributed by atoms with Gasteiger partial charge in [0, 0.05) is 5.41 Å². The zero-order valence-electron chi connectivity index (χ0n) is 11.7. The average molecular weight is 250 g/mol. The summed E-state index contributed by atoms with van der Waals surface area (Å²) in [5.74, 6) is 1.59. The van der Waals surface area contributed by atoms with Gasteiger partial charge >= 0.3 is 0 Å². The smallest absolute Gasteiger partial charge is 0.0220 e. The van der Waals surface area contributed by atoms with Gasteiger partial charge in [-0.15, -0.1) is 0 Å². The lowest BCUT2D eigenvalue weighted by atomic mass is 9.49. The Hall–Kier alpha value is -1.30. The van der Waals surface area contributed by atoms with E-state index in [2.05, 4.69) is 61.6 Å². The summed E-state index contributed by atoms with van der Waals surface area (Å²) in [5.41, 5.74) is 2.04. The van der Waals surface area contributed by atoms with Gasteiger partial charge in [0.05, 0.1) is 0 Å². The topological polar surface area (TPSA) is 0 Å². The minimum Gasteiger partial charge on any atom is -0.0842 e. The number of allylic oxidation sites excluding steroid dienone is 4. The fraction of sp³-hybridized carbons (Fsp3) is 0.474. The minimum absolute atomic E-state index is 0.229.